The van der Waals surface area contributed by atoms with Crippen LogP contribution in [0.2, 0.25) is 0 Å². The summed E-state index contributed by atoms with van der Waals surface area (Å²) in [7, 11) is 0. The zero-order valence-corrected chi connectivity index (χ0v) is 15.2. The summed E-state index contributed by atoms with van der Waals surface area (Å²) < 4.78 is 11.5. The number of amides is 1. The summed E-state index contributed by atoms with van der Waals surface area (Å²) in [6.45, 7) is 7.43. The molecule has 0 spiro atoms. The second-order valence-corrected chi connectivity index (χ2v) is 6.11. The van der Waals surface area contributed by atoms with Gasteiger partial charge in [-0.3, -0.25) is 4.79 Å². The van der Waals surface area contributed by atoms with Crippen molar-refractivity contribution in [1.29, 1.82) is 0 Å². The van der Waals surface area contributed by atoms with Crippen LogP contribution in [-0.4, -0.2) is 25.2 Å². The predicted octanol–water partition coefficient (Wildman–Crippen LogP) is 3.79. The summed E-state index contributed by atoms with van der Waals surface area (Å²) >= 11 is 0. The van der Waals surface area contributed by atoms with Gasteiger partial charge in [-0.15, -0.1) is 0 Å². The summed E-state index contributed by atoms with van der Waals surface area (Å²) in [4.78, 5) is 12.3. The molecular weight excluding hydrogens is 314 g/mol. The molecule has 0 bridgehead atoms. The molecule has 2 aromatic carbocycles. The molecule has 2 rings (SSSR count). The van der Waals surface area contributed by atoms with E-state index in [0.29, 0.717) is 26.2 Å². The normalized spacial score (nSPS) is 11.8. The van der Waals surface area contributed by atoms with Crippen LogP contribution in [0.4, 0.5) is 0 Å². The number of rotatable bonds is 9. The van der Waals surface area contributed by atoms with Gasteiger partial charge in [-0.25, -0.2) is 0 Å². The molecule has 0 saturated heterocycles. The second kappa shape index (κ2) is 9.84. The topological polar surface area (TPSA) is 47.6 Å². The smallest absolute Gasteiger partial charge is 0.261 e. The van der Waals surface area contributed by atoms with E-state index >= 15 is 0 Å². The van der Waals surface area contributed by atoms with Crippen molar-refractivity contribution in [2.45, 2.75) is 39.9 Å². The lowest BCUT2D eigenvalue weighted by Gasteiger charge is -2.19. The standard InChI is InChI=1S/C21H27NO3/c1-4-19(25-20-14-16(2)10-11-17(20)3)21(23)22-12-13-24-15-18-8-6-5-7-9-18/h5-11,14,19H,4,12-13,15H2,1-3H3,(H,22,23)/t19-/m0/s1. The lowest BCUT2D eigenvalue weighted by Crippen LogP contribution is -2.39. The first kappa shape index (κ1) is 19.0. The van der Waals surface area contributed by atoms with Gasteiger partial charge in [-0.05, 0) is 43.0 Å². The van der Waals surface area contributed by atoms with Crippen molar-refractivity contribution < 1.29 is 14.3 Å². The van der Waals surface area contributed by atoms with Crippen LogP contribution in [0.15, 0.2) is 48.5 Å². The largest absolute Gasteiger partial charge is 0.480 e. The zero-order valence-electron chi connectivity index (χ0n) is 15.2. The first-order valence-corrected chi connectivity index (χ1v) is 8.73. The van der Waals surface area contributed by atoms with Gasteiger partial charge in [-0.1, -0.05) is 49.4 Å². The molecule has 0 aliphatic rings. The molecule has 4 nitrogen and oxygen atoms in total. The third kappa shape index (κ3) is 6.24. The Morgan fingerprint density at radius 3 is 2.60 bits per heavy atom. The van der Waals surface area contributed by atoms with E-state index in [1.807, 2.05) is 69.3 Å². The van der Waals surface area contributed by atoms with Gasteiger partial charge < -0.3 is 14.8 Å². The minimum Gasteiger partial charge on any atom is -0.480 e. The van der Waals surface area contributed by atoms with Crippen LogP contribution in [0.5, 0.6) is 5.75 Å². The van der Waals surface area contributed by atoms with Crippen LogP contribution in [0, 0.1) is 13.8 Å². The van der Waals surface area contributed by atoms with Gasteiger partial charge in [0.15, 0.2) is 6.10 Å². The zero-order chi connectivity index (χ0) is 18.1. The van der Waals surface area contributed by atoms with E-state index in [4.69, 9.17) is 9.47 Å². The lowest BCUT2D eigenvalue weighted by atomic mass is 10.1. The molecule has 4 heteroatoms. The molecular formula is C21H27NO3. The predicted molar refractivity (Wildman–Crippen MR) is 99.7 cm³/mol. The molecule has 2 aromatic rings. The minimum atomic E-state index is -0.491. The minimum absolute atomic E-state index is 0.105. The molecule has 1 N–H and O–H groups in total. The number of benzene rings is 2. The summed E-state index contributed by atoms with van der Waals surface area (Å²) in [5, 5.41) is 2.89. The average molecular weight is 341 g/mol. The molecule has 134 valence electrons. The Morgan fingerprint density at radius 1 is 1.12 bits per heavy atom. The molecule has 0 unspecified atom stereocenters. The Hall–Kier alpha value is -2.33. The maximum atomic E-state index is 12.3. The summed E-state index contributed by atoms with van der Waals surface area (Å²) in [6.07, 6.45) is 0.124. The second-order valence-electron chi connectivity index (χ2n) is 6.11. The van der Waals surface area contributed by atoms with Gasteiger partial charge in [0.2, 0.25) is 0 Å². The Labute approximate surface area is 150 Å². The first-order chi connectivity index (χ1) is 12.1. The number of hydrogen-bond donors (Lipinski definition) is 1. The van der Waals surface area contributed by atoms with E-state index < -0.39 is 6.10 Å². The number of ether oxygens (including phenoxy) is 2. The van der Waals surface area contributed by atoms with Crippen LogP contribution in [0.3, 0.4) is 0 Å². The molecule has 1 amide bonds. The van der Waals surface area contributed by atoms with Gasteiger partial charge in [0.05, 0.1) is 13.2 Å². The third-order valence-electron chi connectivity index (χ3n) is 3.93. The highest BCUT2D eigenvalue weighted by Crippen LogP contribution is 2.21. The molecule has 0 saturated carbocycles. The number of aryl methyl sites for hydroxylation is 2. The summed E-state index contributed by atoms with van der Waals surface area (Å²) in [5.41, 5.74) is 3.27. The van der Waals surface area contributed by atoms with Crippen molar-refractivity contribution in [2.75, 3.05) is 13.2 Å². The quantitative estimate of drug-likeness (QED) is 0.706. The molecule has 0 aliphatic heterocycles. The fourth-order valence-electron chi connectivity index (χ4n) is 2.43. The van der Waals surface area contributed by atoms with Gasteiger partial charge in [0.1, 0.15) is 5.75 Å². The first-order valence-electron chi connectivity index (χ1n) is 8.73. The molecule has 25 heavy (non-hydrogen) atoms. The number of carbonyl (C=O) groups is 1. The maximum Gasteiger partial charge on any atom is 0.261 e. The van der Waals surface area contributed by atoms with E-state index in [-0.39, 0.29) is 5.91 Å². The van der Waals surface area contributed by atoms with Crippen LogP contribution in [0.1, 0.15) is 30.0 Å². The van der Waals surface area contributed by atoms with E-state index in [1.54, 1.807) is 0 Å². The van der Waals surface area contributed by atoms with Gasteiger partial charge in [-0.2, -0.15) is 0 Å². The highest BCUT2D eigenvalue weighted by molar-refractivity contribution is 5.81. The molecule has 0 heterocycles. The van der Waals surface area contributed by atoms with Crippen LogP contribution in [-0.2, 0) is 16.1 Å². The van der Waals surface area contributed by atoms with E-state index in [0.717, 1.165) is 22.4 Å². The van der Waals surface area contributed by atoms with Crippen molar-refractivity contribution in [3.63, 3.8) is 0 Å². The molecule has 0 radical (unpaired) electrons. The van der Waals surface area contributed by atoms with Gasteiger partial charge in [0.25, 0.3) is 5.91 Å². The SMILES string of the molecule is CC[C@H](Oc1cc(C)ccc1C)C(=O)NCCOCc1ccccc1. The highest BCUT2D eigenvalue weighted by atomic mass is 16.5. The number of nitrogens with one attached hydrogen (secondary N) is 1. The molecule has 0 fully saturated rings. The van der Waals surface area contributed by atoms with Crippen LogP contribution < -0.4 is 10.1 Å². The Morgan fingerprint density at radius 2 is 1.88 bits per heavy atom. The summed E-state index contributed by atoms with van der Waals surface area (Å²) in [6, 6.07) is 16.0. The fraction of sp³-hybridized carbons (Fsp3) is 0.381. The van der Waals surface area contributed by atoms with Crippen molar-refractivity contribution in [1.82, 2.24) is 5.32 Å². The van der Waals surface area contributed by atoms with Crippen molar-refractivity contribution in [3.8, 4) is 5.75 Å². The monoisotopic (exact) mass is 341 g/mol. The third-order valence-corrected chi connectivity index (χ3v) is 3.93. The average Bonchev–Trinajstić information content (AvgIpc) is 2.62. The van der Waals surface area contributed by atoms with Gasteiger partial charge >= 0.3 is 0 Å². The molecule has 0 aliphatic carbocycles. The molecule has 0 aromatic heterocycles. The Kier molecular flexibility index (Phi) is 7.48. The number of carbonyl (C=O) groups excluding carboxylic acids is 1. The fourth-order valence-corrected chi connectivity index (χ4v) is 2.43. The molecule has 1 atom stereocenters. The maximum absolute atomic E-state index is 12.3. The van der Waals surface area contributed by atoms with Crippen molar-refractivity contribution in [3.05, 3.63) is 65.2 Å². The lowest BCUT2D eigenvalue weighted by molar-refractivity contribution is -0.128. The number of hydrogen-bond acceptors (Lipinski definition) is 3. The Bertz CT molecular complexity index is 670. The van der Waals surface area contributed by atoms with Crippen molar-refractivity contribution in [2.24, 2.45) is 0 Å². The van der Waals surface area contributed by atoms with Gasteiger partial charge in [0, 0.05) is 6.54 Å². The van der Waals surface area contributed by atoms with Crippen LogP contribution >= 0.6 is 0 Å². The van der Waals surface area contributed by atoms with Crippen molar-refractivity contribution >= 4 is 5.91 Å². The van der Waals surface area contributed by atoms with E-state index in [9.17, 15) is 4.79 Å². The van der Waals surface area contributed by atoms with E-state index in [2.05, 4.69) is 5.32 Å². The van der Waals surface area contributed by atoms with Crippen LogP contribution in [0.25, 0.3) is 0 Å². The highest BCUT2D eigenvalue weighted by Gasteiger charge is 2.18. The summed E-state index contributed by atoms with van der Waals surface area (Å²) in [5.74, 6) is 0.661. The van der Waals surface area contributed by atoms with E-state index in [1.165, 1.54) is 0 Å². The Balaban J connectivity index is 1.75.